The number of aromatic hydroxyl groups is 1. The maximum absolute atomic E-state index is 12.6. The molecule has 1 fully saturated rings. The van der Waals surface area contributed by atoms with Crippen molar-refractivity contribution in [2.24, 2.45) is 0 Å². The van der Waals surface area contributed by atoms with Crippen LogP contribution in [-0.4, -0.2) is 47.3 Å². The van der Waals surface area contributed by atoms with Crippen LogP contribution in [0.25, 0.3) is 0 Å². The van der Waals surface area contributed by atoms with Gasteiger partial charge < -0.3 is 19.8 Å². The second-order valence-corrected chi connectivity index (χ2v) is 5.04. The van der Waals surface area contributed by atoms with Gasteiger partial charge in [0.15, 0.2) is 0 Å². The molecular weight excluding hydrogens is 258 g/mol. The normalized spacial score (nSPS) is 15.3. The highest BCUT2D eigenvalue weighted by molar-refractivity contribution is 5.97. The van der Waals surface area contributed by atoms with E-state index in [4.69, 9.17) is 4.74 Å². The predicted octanol–water partition coefficient (Wildman–Crippen LogP) is 1.78. The lowest BCUT2D eigenvalue weighted by molar-refractivity contribution is 0.0634. The molecule has 0 aromatic heterocycles. The summed E-state index contributed by atoms with van der Waals surface area (Å²) in [6, 6.07) is 4.76. The molecule has 1 amide bonds. The molecular formula is C15H21NO4. The zero-order chi connectivity index (χ0) is 14.5. The van der Waals surface area contributed by atoms with Gasteiger partial charge in [-0.1, -0.05) is 12.8 Å². The van der Waals surface area contributed by atoms with Gasteiger partial charge in [-0.25, -0.2) is 0 Å². The molecule has 0 aliphatic heterocycles. The van der Waals surface area contributed by atoms with Crippen LogP contribution >= 0.6 is 0 Å². The Morgan fingerprint density at radius 2 is 2.10 bits per heavy atom. The average Bonchev–Trinajstić information content (AvgIpc) is 2.98. The SMILES string of the molecule is COc1ccc(O)c(C(=O)N(CCO)C2CCCC2)c1. The predicted molar refractivity (Wildman–Crippen MR) is 75.0 cm³/mol. The monoisotopic (exact) mass is 279 g/mol. The largest absolute Gasteiger partial charge is 0.507 e. The van der Waals surface area contributed by atoms with Gasteiger partial charge in [0.1, 0.15) is 11.5 Å². The molecule has 0 atom stereocenters. The molecule has 1 saturated carbocycles. The average molecular weight is 279 g/mol. The highest BCUT2D eigenvalue weighted by atomic mass is 16.5. The first kappa shape index (κ1) is 14.7. The fraction of sp³-hybridized carbons (Fsp3) is 0.533. The number of benzene rings is 1. The first-order chi connectivity index (χ1) is 9.67. The first-order valence-corrected chi connectivity index (χ1v) is 6.96. The number of carbonyl (C=O) groups excluding carboxylic acids is 1. The van der Waals surface area contributed by atoms with Crippen LogP contribution in [0.5, 0.6) is 11.5 Å². The van der Waals surface area contributed by atoms with Crippen molar-refractivity contribution in [1.29, 1.82) is 0 Å². The van der Waals surface area contributed by atoms with Gasteiger partial charge in [0.2, 0.25) is 0 Å². The van der Waals surface area contributed by atoms with Crippen molar-refractivity contribution in [3.8, 4) is 11.5 Å². The maximum atomic E-state index is 12.6. The molecule has 0 bridgehead atoms. The lowest BCUT2D eigenvalue weighted by Crippen LogP contribution is -2.40. The number of amides is 1. The van der Waals surface area contributed by atoms with Gasteiger partial charge in [-0.3, -0.25) is 4.79 Å². The number of methoxy groups -OCH3 is 1. The fourth-order valence-corrected chi connectivity index (χ4v) is 2.74. The smallest absolute Gasteiger partial charge is 0.258 e. The van der Waals surface area contributed by atoms with Gasteiger partial charge >= 0.3 is 0 Å². The number of phenolic OH excluding ortho intramolecular Hbond substituents is 1. The third kappa shape index (κ3) is 3.04. The maximum Gasteiger partial charge on any atom is 0.258 e. The van der Waals surface area contributed by atoms with Crippen LogP contribution in [0.4, 0.5) is 0 Å². The second-order valence-electron chi connectivity index (χ2n) is 5.04. The van der Waals surface area contributed by atoms with Gasteiger partial charge in [-0.15, -0.1) is 0 Å². The molecule has 5 heteroatoms. The van der Waals surface area contributed by atoms with Crippen LogP contribution in [0.2, 0.25) is 0 Å². The fourth-order valence-electron chi connectivity index (χ4n) is 2.74. The zero-order valence-electron chi connectivity index (χ0n) is 11.7. The first-order valence-electron chi connectivity index (χ1n) is 6.96. The second kappa shape index (κ2) is 6.61. The van der Waals surface area contributed by atoms with Crippen molar-refractivity contribution in [2.45, 2.75) is 31.7 Å². The molecule has 0 spiro atoms. The number of aliphatic hydroxyl groups is 1. The van der Waals surface area contributed by atoms with Crippen molar-refractivity contribution < 1.29 is 19.7 Å². The molecule has 2 rings (SSSR count). The minimum absolute atomic E-state index is 0.0586. The summed E-state index contributed by atoms with van der Waals surface area (Å²) in [4.78, 5) is 14.3. The zero-order valence-corrected chi connectivity index (χ0v) is 11.7. The number of nitrogens with zero attached hydrogens (tertiary/aromatic N) is 1. The van der Waals surface area contributed by atoms with E-state index < -0.39 is 0 Å². The Hall–Kier alpha value is -1.75. The standard InChI is InChI=1S/C15H21NO4/c1-20-12-6-7-14(18)13(10-12)15(19)16(8-9-17)11-4-2-3-5-11/h6-7,10-11,17-18H,2-5,8-9H2,1H3. The molecule has 20 heavy (non-hydrogen) atoms. The van der Waals surface area contributed by atoms with Crippen LogP contribution in [0.15, 0.2) is 18.2 Å². The van der Waals surface area contributed by atoms with Crippen LogP contribution < -0.4 is 4.74 Å². The molecule has 5 nitrogen and oxygen atoms in total. The van der Waals surface area contributed by atoms with E-state index in [1.165, 1.54) is 19.2 Å². The number of aliphatic hydroxyl groups excluding tert-OH is 1. The molecule has 1 aliphatic rings. The lowest BCUT2D eigenvalue weighted by Gasteiger charge is -2.28. The topological polar surface area (TPSA) is 70.0 Å². The molecule has 0 saturated heterocycles. The summed E-state index contributed by atoms with van der Waals surface area (Å²) in [6.07, 6.45) is 4.11. The Labute approximate surface area is 118 Å². The van der Waals surface area contributed by atoms with Crippen LogP contribution in [0.3, 0.4) is 0 Å². The minimum atomic E-state index is -0.248. The number of rotatable bonds is 5. The van der Waals surface area contributed by atoms with Crippen molar-refractivity contribution in [1.82, 2.24) is 4.90 Å². The molecule has 1 aromatic carbocycles. The van der Waals surface area contributed by atoms with E-state index in [2.05, 4.69) is 0 Å². The quantitative estimate of drug-likeness (QED) is 0.862. The third-order valence-electron chi connectivity index (χ3n) is 3.80. The summed E-state index contributed by atoms with van der Waals surface area (Å²) in [5, 5.41) is 19.1. The van der Waals surface area contributed by atoms with E-state index in [1.54, 1.807) is 11.0 Å². The van der Waals surface area contributed by atoms with E-state index in [9.17, 15) is 15.0 Å². The number of ether oxygens (including phenoxy) is 1. The van der Waals surface area contributed by atoms with Crippen molar-refractivity contribution in [3.63, 3.8) is 0 Å². The van der Waals surface area contributed by atoms with Gasteiger partial charge in [-0.05, 0) is 31.0 Å². The van der Waals surface area contributed by atoms with E-state index >= 15 is 0 Å². The number of hydrogen-bond acceptors (Lipinski definition) is 4. The molecule has 110 valence electrons. The number of hydrogen-bond donors (Lipinski definition) is 2. The third-order valence-corrected chi connectivity index (χ3v) is 3.80. The Kier molecular flexibility index (Phi) is 4.84. The van der Waals surface area contributed by atoms with Crippen molar-refractivity contribution >= 4 is 5.91 Å². The molecule has 0 unspecified atom stereocenters. The molecule has 1 aromatic rings. The summed E-state index contributed by atoms with van der Waals surface area (Å²) in [6.45, 7) is 0.215. The van der Waals surface area contributed by atoms with Gasteiger partial charge in [0, 0.05) is 12.6 Å². The van der Waals surface area contributed by atoms with Crippen LogP contribution in [0.1, 0.15) is 36.0 Å². The van der Waals surface area contributed by atoms with Gasteiger partial charge in [0.05, 0.1) is 19.3 Å². The van der Waals surface area contributed by atoms with Crippen LogP contribution in [0, 0.1) is 0 Å². The minimum Gasteiger partial charge on any atom is -0.507 e. The number of carbonyl (C=O) groups is 1. The van der Waals surface area contributed by atoms with Gasteiger partial charge in [-0.2, -0.15) is 0 Å². The lowest BCUT2D eigenvalue weighted by atomic mass is 10.1. The Morgan fingerprint density at radius 3 is 2.70 bits per heavy atom. The van der Waals surface area contributed by atoms with Crippen LogP contribution in [-0.2, 0) is 0 Å². The van der Waals surface area contributed by atoms with E-state index in [0.717, 1.165) is 25.7 Å². The Morgan fingerprint density at radius 1 is 1.40 bits per heavy atom. The van der Waals surface area contributed by atoms with E-state index in [-0.39, 0.29) is 29.9 Å². The summed E-state index contributed by atoms with van der Waals surface area (Å²) in [7, 11) is 1.52. The molecule has 2 N–H and O–H groups in total. The van der Waals surface area contributed by atoms with Gasteiger partial charge in [0.25, 0.3) is 5.91 Å². The summed E-state index contributed by atoms with van der Waals surface area (Å²) in [5.41, 5.74) is 0.227. The highest BCUT2D eigenvalue weighted by Gasteiger charge is 2.28. The molecule has 1 aliphatic carbocycles. The highest BCUT2D eigenvalue weighted by Crippen LogP contribution is 2.28. The Bertz CT molecular complexity index is 469. The summed E-state index contributed by atoms with van der Waals surface area (Å²) in [5.74, 6) is 0.223. The molecule has 0 radical (unpaired) electrons. The van der Waals surface area contributed by atoms with E-state index in [1.807, 2.05) is 0 Å². The number of phenols is 1. The Balaban J connectivity index is 2.26. The summed E-state index contributed by atoms with van der Waals surface area (Å²) >= 11 is 0. The molecule has 0 heterocycles. The van der Waals surface area contributed by atoms with Crippen molar-refractivity contribution in [3.05, 3.63) is 23.8 Å². The summed E-state index contributed by atoms with van der Waals surface area (Å²) < 4.78 is 5.09. The van der Waals surface area contributed by atoms with Crippen molar-refractivity contribution in [2.75, 3.05) is 20.3 Å². The van der Waals surface area contributed by atoms with E-state index in [0.29, 0.717) is 12.3 Å².